The second-order valence-electron chi connectivity index (χ2n) is 4.96. The van der Waals surface area contributed by atoms with Gasteiger partial charge in [0.25, 0.3) is 0 Å². The summed E-state index contributed by atoms with van der Waals surface area (Å²) in [4.78, 5) is 9.13. The van der Waals surface area contributed by atoms with E-state index in [1.54, 1.807) is 7.11 Å². The third-order valence-corrected chi connectivity index (χ3v) is 3.52. The number of hydrogen-bond donors (Lipinski definition) is 0. The molecule has 2 rings (SSSR count). The van der Waals surface area contributed by atoms with Crippen LogP contribution in [0.4, 0.5) is 11.6 Å². The molecule has 0 aliphatic heterocycles. The van der Waals surface area contributed by atoms with Crippen LogP contribution in [0.15, 0.2) is 24.3 Å². The highest BCUT2D eigenvalue weighted by Gasteiger charge is 2.12. The first kappa shape index (κ1) is 14.4. The van der Waals surface area contributed by atoms with Gasteiger partial charge in [-0.15, -0.1) is 0 Å². The summed E-state index contributed by atoms with van der Waals surface area (Å²) >= 11 is 0. The van der Waals surface area contributed by atoms with Crippen LogP contribution in [0.25, 0.3) is 10.8 Å². The zero-order chi connectivity index (χ0) is 14.7. The molecule has 0 aliphatic carbocycles. The molecule has 0 spiro atoms. The lowest BCUT2D eigenvalue weighted by Crippen LogP contribution is -2.24. The largest absolute Gasteiger partial charge is 0.497 e. The van der Waals surface area contributed by atoms with Crippen molar-refractivity contribution in [3.63, 3.8) is 0 Å². The summed E-state index contributed by atoms with van der Waals surface area (Å²) in [5.41, 5.74) is 0. The van der Waals surface area contributed by atoms with Crippen LogP contribution in [0.1, 0.15) is 13.8 Å². The van der Waals surface area contributed by atoms with Gasteiger partial charge in [0.05, 0.1) is 7.11 Å². The molecule has 4 heteroatoms. The highest BCUT2D eigenvalue weighted by molar-refractivity contribution is 5.95. The third kappa shape index (κ3) is 2.64. The lowest BCUT2D eigenvalue weighted by Gasteiger charge is -2.23. The van der Waals surface area contributed by atoms with Crippen molar-refractivity contribution in [1.82, 2.24) is 4.98 Å². The molecule has 0 aliphatic rings. The number of rotatable bonds is 5. The summed E-state index contributed by atoms with van der Waals surface area (Å²) in [5.74, 6) is 2.86. The van der Waals surface area contributed by atoms with Gasteiger partial charge in [-0.05, 0) is 37.4 Å². The Balaban J connectivity index is 2.66. The minimum atomic E-state index is 0.859. The molecule has 0 unspecified atom stereocenters. The smallest absolute Gasteiger partial charge is 0.138 e. The molecule has 0 fully saturated rings. The van der Waals surface area contributed by atoms with Crippen molar-refractivity contribution < 1.29 is 4.74 Å². The number of aromatic nitrogens is 1. The average Bonchev–Trinajstić information content (AvgIpc) is 2.47. The standard InChI is InChI=1S/C16H23N3O/c1-6-19(7-2)15-10-12-8-9-13(20-5)11-14(12)16(17-15)18(3)4/h8-11H,6-7H2,1-5H3. The fraction of sp³-hybridized carbons (Fsp3) is 0.438. The Kier molecular flexibility index (Phi) is 4.32. The van der Waals surface area contributed by atoms with Gasteiger partial charge in [0.1, 0.15) is 17.4 Å². The van der Waals surface area contributed by atoms with Crippen LogP contribution in [0.3, 0.4) is 0 Å². The lowest BCUT2D eigenvalue weighted by molar-refractivity contribution is 0.415. The first-order valence-corrected chi connectivity index (χ1v) is 7.01. The number of methoxy groups -OCH3 is 1. The summed E-state index contributed by atoms with van der Waals surface area (Å²) in [6.07, 6.45) is 0. The number of pyridine rings is 1. The maximum Gasteiger partial charge on any atom is 0.138 e. The molecule has 2 aromatic rings. The van der Waals surface area contributed by atoms with Gasteiger partial charge in [0, 0.05) is 32.6 Å². The molecule has 0 atom stereocenters. The van der Waals surface area contributed by atoms with E-state index in [-0.39, 0.29) is 0 Å². The minimum absolute atomic E-state index is 0.859. The first-order chi connectivity index (χ1) is 9.60. The van der Waals surface area contributed by atoms with Gasteiger partial charge in [-0.3, -0.25) is 0 Å². The quantitative estimate of drug-likeness (QED) is 0.836. The van der Waals surface area contributed by atoms with Crippen molar-refractivity contribution in [2.75, 3.05) is 44.1 Å². The number of ether oxygens (including phenoxy) is 1. The van der Waals surface area contributed by atoms with E-state index < -0.39 is 0 Å². The van der Waals surface area contributed by atoms with Gasteiger partial charge >= 0.3 is 0 Å². The Morgan fingerprint density at radius 1 is 1.10 bits per heavy atom. The first-order valence-electron chi connectivity index (χ1n) is 7.01. The topological polar surface area (TPSA) is 28.6 Å². The molecule has 0 N–H and O–H groups in total. The molecule has 0 bridgehead atoms. The number of nitrogens with zero attached hydrogens (tertiary/aromatic N) is 3. The van der Waals surface area contributed by atoms with Gasteiger partial charge in [-0.1, -0.05) is 6.07 Å². The Hall–Kier alpha value is -1.97. The van der Waals surface area contributed by atoms with E-state index in [4.69, 9.17) is 9.72 Å². The second-order valence-corrected chi connectivity index (χ2v) is 4.96. The Bertz CT molecular complexity index is 592. The van der Waals surface area contributed by atoms with Crippen molar-refractivity contribution >= 4 is 22.4 Å². The Labute approximate surface area is 121 Å². The van der Waals surface area contributed by atoms with Crippen LogP contribution in [0.5, 0.6) is 5.75 Å². The van der Waals surface area contributed by atoms with Crippen LogP contribution in [0.2, 0.25) is 0 Å². The maximum atomic E-state index is 5.32. The summed E-state index contributed by atoms with van der Waals surface area (Å²) in [7, 11) is 5.73. The van der Waals surface area contributed by atoms with E-state index in [1.165, 1.54) is 5.39 Å². The van der Waals surface area contributed by atoms with Gasteiger partial charge in [0.15, 0.2) is 0 Å². The van der Waals surface area contributed by atoms with Gasteiger partial charge in [-0.2, -0.15) is 0 Å². The van der Waals surface area contributed by atoms with E-state index in [1.807, 2.05) is 26.2 Å². The Morgan fingerprint density at radius 3 is 2.35 bits per heavy atom. The van der Waals surface area contributed by atoms with Crippen LogP contribution in [0, 0.1) is 0 Å². The SMILES string of the molecule is CCN(CC)c1cc2ccc(OC)cc2c(N(C)C)n1. The zero-order valence-electron chi connectivity index (χ0n) is 13.0. The fourth-order valence-corrected chi connectivity index (χ4v) is 2.37. The van der Waals surface area contributed by atoms with E-state index in [0.29, 0.717) is 0 Å². The fourth-order valence-electron chi connectivity index (χ4n) is 2.37. The number of fused-ring (bicyclic) bond motifs is 1. The molecular weight excluding hydrogens is 250 g/mol. The molecule has 0 saturated carbocycles. The van der Waals surface area contributed by atoms with Crippen molar-refractivity contribution in [3.8, 4) is 5.75 Å². The number of anilines is 2. The van der Waals surface area contributed by atoms with Crippen LogP contribution >= 0.6 is 0 Å². The van der Waals surface area contributed by atoms with E-state index in [0.717, 1.165) is 35.9 Å². The van der Waals surface area contributed by atoms with Crippen molar-refractivity contribution in [2.24, 2.45) is 0 Å². The van der Waals surface area contributed by atoms with Crippen molar-refractivity contribution in [2.45, 2.75) is 13.8 Å². The van der Waals surface area contributed by atoms with E-state index in [2.05, 4.69) is 35.8 Å². The predicted octanol–water partition coefficient (Wildman–Crippen LogP) is 3.16. The Morgan fingerprint density at radius 2 is 1.80 bits per heavy atom. The molecular formula is C16H23N3O. The van der Waals surface area contributed by atoms with E-state index >= 15 is 0 Å². The van der Waals surface area contributed by atoms with Crippen LogP contribution in [-0.2, 0) is 0 Å². The average molecular weight is 273 g/mol. The van der Waals surface area contributed by atoms with Crippen LogP contribution in [-0.4, -0.2) is 39.3 Å². The molecule has 4 nitrogen and oxygen atoms in total. The molecule has 1 aromatic heterocycles. The summed E-state index contributed by atoms with van der Waals surface area (Å²) in [6, 6.07) is 8.28. The maximum absolute atomic E-state index is 5.32. The zero-order valence-corrected chi connectivity index (χ0v) is 13.0. The molecule has 0 amide bonds. The van der Waals surface area contributed by atoms with Gasteiger partial charge in [0.2, 0.25) is 0 Å². The van der Waals surface area contributed by atoms with Gasteiger partial charge in [-0.25, -0.2) is 4.98 Å². The predicted molar refractivity (Wildman–Crippen MR) is 86.2 cm³/mol. The minimum Gasteiger partial charge on any atom is -0.497 e. The van der Waals surface area contributed by atoms with Gasteiger partial charge < -0.3 is 14.5 Å². The molecule has 20 heavy (non-hydrogen) atoms. The summed E-state index contributed by atoms with van der Waals surface area (Å²) in [5, 5.41) is 2.30. The second kappa shape index (κ2) is 5.99. The van der Waals surface area contributed by atoms with Crippen molar-refractivity contribution in [3.05, 3.63) is 24.3 Å². The van der Waals surface area contributed by atoms with Crippen molar-refractivity contribution in [1.29, 1.82) is 0 Å². The molecule has 0 radical (unpaired) electrons. The normalized spacial score (nSPS) is 10.7. The highest BCUT2D eigenvalue weighted by atomic mass is 16.5. The molecule has 0 saturated heterocycles. The third-order valence-electron chi connectivity index (χ3n) is 3.52. The highest BCUT2D eigenvalue weighted by Crippen LogP contribution is 2.31. The number of hydrogen-bond acceptors (Lipinski definition) is 4. The monoisotopic (exact) mass is 273 g/mol. The molecule has 1 heterocycles. The van der Waals surface area contributed by atoms with E-state index in [9.17, 15) is 0 Å². The van der Waals surface area contributed by atoms with Crippen LogP contribution < -0.4 is 14.5 Å². The lowest BCUT2D eigenvalue weighted by atomic mass is 10.1. The summed E-state index contributed by atoms with van der Waals surface area (Å²) < 4.78 is 5.32. The number of benzene rings is 1. The summed E-state index contributed by atoms with van der Waals surface area (Å²) in [6.45, 7) is 6.22. The molecule has 108 valence electrons. The molecule has 1 aromatic carbocycles.